The van der Waals surface area contributed by atoms with Crippen molar-refractivity contribution in [1.82, 2.24) is 4.90 Å². The third-order valence-electron chi connectivity index (χ3n) is 8.03. The van der Waals surface area contributed by atoms with Gasteiger partial charge in [-0.05, 0) is 88.7 Å². The van der Waals surface area contributed by atoms with Crippen molar-refractivity contribution in [2.24, 2.45) is 0 Å². The summed E-state index contributed by atoms with van der Waals surface area (Å²) < 4.78 is 13.0. The maximum absolute atomic E-state index is 12.8. The Morgan fingerprint density at radius 2 is 1.70 bits per heavy atom. The quantitative estimate of drug-likeness (QED) is 0.115. The summed E-state index contributed by atoms with van der Waals surface area (Å²) >= 11 is 1.99. The molecule has 3 heterocycles. The van der Waals surface area contributed by atoms with Crippen LogP contribution >= 0.6 is 28.7 Å². The van der Waals surface area contributed by atoms with Gasteiger partial charge in [-0.25, -0.2) is 0 Å². The van der Waals surface area contributed by atoms with E-state index in [1.54, 1.807) is 0 Å². The van der Waals surface area contributed by atoms with Crippen molar-refractivity contribution in [1.29, 1.82) is 0 Å². The topological polar surface area (TPSA) is 38.8 Å². The first-order valence-corrected chi connectivity index (χ1v) is 15.8. The fourth-order valence-corrected chi connectivity index (χ4v) is 7.49. The van der Waals surface area contributed by atoms with Crippen molar-refractivity contribution >= 4 is 40.3 Å². The second-order valence-electron chi connectivity index (χ2n) is 10.9. The molecular weight excluding hydrogens is 546 g/mol. The van der Waals surface area contributed by atoms with Gasteiger partial charge in [-0.3, -0.25) is 4.79 Å². The van der Waals surface area contributed by atoms with Gasteiger partial charge in [-0.15, -0.1) is 28.7 Å². The molecule has 0 bridgehead atoms. The number of unbranched alkanes of at least 4 members (excludes halogenated alkanes) is 6. The molecule has 0 amide bonds. The fourth-order valence-electron chi connectivity index (χ4n) is 6.09. The van der Waals surface area contributed by atoms with Crippen LogP contribution in [0.2, 0.25) is 0 Å². The van der Waals surface area contributed by atoms with Crippen LogP contribution in [-0.2, 0) is 4.79 Å². The first-order chi connectivity index (χ1) is 17.7. The van der Waals surface area contributed by atoms with Gasteiger partial charge in [0.05, 0.1) is 5.56 Å². The number of ether oxygens (including phenoxy) is 2. The van der Waals surface area contributed by atoms with Crippen molar-refractivity contribution in [2.45, 2.75) is 116 Å². The zero-order valence-corrected chi connectivity index (χ0v) is 25.7. The molecule has 0 unspecified atom stereocenters. The number of benzene rings is 1. The van der Waals surface area contributed by atoms with Crippen molar-refractivity contribution in [3.63, 3.8) is 0 Å². The number of hydrogen-bond donors (Lipinski definition) is 0. The second kappa shape index (κ2) is 15.6. The van der Waals surface area contributed by atoms with Gasteiger partial charge in [-0.1, -0.05) is 58.4 Å². The number of likely N-dealkylation sites (tertiary alicyclic amines) is 1. The molecule has 1 saturated heterocycles. The average Bonchev–Trinajstić information content (AvgIpc) is 3.58. The molecule has 0 saturated carbocycles. The normalized spacial score (nSPS) is 18.2. The van der Waals surface area contributed by atoms with Crippen LogP contribution in [0.1, 0.15) is 116 Å². The molecule has 6 heteroatoms. The standard InChI is InChI=1S/C31H47NO3S.BrH/c1-3-5-7-9-19-31(20-10-8-6-4-2)30-25(18-24-36-30)29-26(15-13-16-27(29)35-31)34-28(33)17-14-23-32-21-11-12-22-32;/h13,15-16H,3-12,14,17-24H2,1-2H3;1H. The van der Waals surface area contributed by atoms with E-state index in [9.17, 15) is 4.79 Å². The largest absolute Gasteiger partial charge is 0.481 e. The number of fused-ring (bicyclic) bond motifs is 2. The van der Waals surface area contributed by atoms with Crippen molar-refractivity contribution in [3.05, 3.63) is 28.7 Å². The predicted octanol–water partition coefficient (Wildman–Crippen LogP) is 8.97. The molecule has 1 aromatic carbocycles. The van der Waals surface area contributed by atoms with Crippen molar-refractivity contribution < 1.29 is 14.3 Å². The molecule has 0 aromatic heterocycles. The first-order valence-electron chi connectivity index (χ1n) is 14.8. The van der Waals surface area contributed by atoms with E-state index in [1.807, 2.05) is 23.9 Å². The molecule has 0 aliphatic carbocycles. The van der Waals surface area contributed by atoms with Gasteiger partial charge >= 0.3 is 5.97 Å². The van der Waals surface area contributed by atoms with Gasteiger partial charge in [0.25, 0.3) is 0 Å². The summed E-state index contributed by atoms with van der Waals surface area (Å²) in [7, 11) is 0. The molecule has 4 rings (SSSR count). The molecular formula is C31H48BrNO3S. The highest BCUT2D eigenvalue weighted by Crippen LogP contribution is 2.56. The Morgan fingerprint density at radius 3 is 2.38 bits per heavy atom. The lowest BCUT2D eigenvalue weighted by atomic mass is 9.83. The van der Waals surface area contributed by atoms with E-state index in [1.165, 1.54) is 87.8 Å². The third kappa shape index (κ3) is 8.02. The number of halogens is 1. The minimum atomic E-state index is -0.205. The van der Waals surface area contributed by atoms with E-state index in [-0.39, 0.29) is 28.6 Å². The maximum Gasteiger partial charge on any atom is 0.311 e. The van der Waals surface area contributed by atoms with Crippen LogP contribution in [0.4, 0.5) is 0 Å². The molecule has 1 fully saturated rings. The predicted molar refractivity (Wildman–Crippen MR) is 162 cm³/mol. The van der Waals surface area contributed by atoms with E-state index in [0.29, 0.717) is 12.2 Å². The summed E-state index contributed by atoms with van der Waals surface area (Å²) in [4.78, 5) is 16.7. The van der Waals surface area contributed by atoms with Gasteiger partial charge in [0.15, 0.2) is 0 Å². The summed E-state index contributed by atoms with van der Waals surface area (Å²) in [6.07, 6.45) is 17.2. The highest BCUT2D eigenvalue weighted by atomic mass is 79.9. The Bertz CT molecular complexity index is 884. The molecule has 208 valence electrons. The highest BCUT2D eigenvalue weighted by Gasteiger charge is 2.45. The Labute approximate surface area is 240 Å². The molecule has 0 spiro atoms. The number of carbonyl (C=O) groups excluding carboxylic acids is 1. The Morgan fingerprint density at radius 1 is 1.00 bits per heavy atom. The molecule has 0 atom stereocenters. The monoisotopic (exact) mass is 593 g/mol. The van der Waals surface area contributed by atoms with Gasteiger partial charge < -0.3 is 14.4 Å². The molecule has 1 aromatic rings. The van der Waals surface area contributed by atoms with Gasteiger partial charge in [-0.2, -0.15) is 0 Å². The number of thioether (sulfide) groups is 1. The van der Waals surface area contributed by atoms with E-state index < -0.39 is 0 Å². The lowest BCUT2D eigenvalue weighted by Gasteiger charge is -2.41. The summed E-state index contributed by atoms with van der Waals surface area (Å²) in [5, 5.41) is 0. The number of esters is 1. The van der Waals surface area contributed by atoms with E-state index in [0.717, 1.165) is 49.3 Å². The summed E-state index contributed by atoms with van der Waals surface area (Å²) in [6.45, 7) is 7.89. The summed E-state index contributed by atoms with van der Waals surface area (Å²) in [6, 6.07) is 6.06. The number of carbonyl (C=O) groups is 1. The molecule has 3 aliphatic heterocycles. The molecule has 3 aliphatic rings. The number of hydrogen-bond acceptors (Lipinski definition) is 5. The van der Waals surface area contributed by atoms with Crippen LogP contribution < -0.4 is 9.47 Å². The molecule has 0 N–H and O–H groups in total. The summed E-state index contributed by atoms with van der Waals surface area (Å²) in [5.41, 5.74) is 2.22. The van der Waals surface area contributed by atoms with Crippen molar-refractivity contribution in [3.8, 4) is 11.5 Å². The maximum atomic E-state index is 12.8. The minimum Gasteiger partial charge on any atom is -0.481 e. The third-order valence-corrected chi connectivity index (χ3v) is 9.34. The molecule has 0 radical (unpaired) electrons. The van der Waals surface area contributed by atoms with Gasteiger partial charge in [0.1, 0.15) is 17.1 Å². The lowest BCUT2D eigenvalue weighted by Crippen LogP contribution is -2.40. The Hall–Kier alpha value is -0.980. The smallest absolute Gasteiger partial charge is 0.311 e. The van der Waals surface area contributed by atoms with Crippen LogP contribution in [0.5, 0.6) is 11.5 Å². The lowest BCUT2D eigenvalue weighted by molar-refractivity contribution is -0.134. The van der Waals surface area contributed by atoms with Crippen LogP contribution in [0.3, 0.4) is 0 Å². The Balaban J connectivity index is 0.00000380. The number of allylic oxidation sites excluding steroid dienone is 1. The number of nitrogens with zero attached hydrogens (tertiary/aromatic N) is 1. The highest BCUT2D eigenvalue weighted by molar-refractivity contribution is 8.93. The van der Waals surface area contributed by atoms with Gasteiger partial charge in [0, 0.05) is 17.1 Å². The van der Waals surface area contributed by atoms with Crippen LogP contribution in [-0.4, -0.2) is 41.9 Å². The molecule has 37 heavy (non-hydrogen) atoms. The molecule has 4 nitrogen and oxygen atoms in total. The van der Waals surface area contributed by atoms with E-state index in [2.05, 4.69) is 24.8 Å². The second-order valence-corrected chi connectivity index (χ2v) is 12.0. The van der Waals surface area contributed by atoms with Crippen LogP contribution in [0.25, 0.3) is 5.57 Å². The SMILES string of the molecule is Br.CCCCCCC1(CCCCCC)Oc2cccc(OC(=O)CCCN3CCCC3)c2C2=C1SCC2. The number of rotatable bonds is 15. The minimum absolute atomic E-state index is 0. The van der Waals surface area contributed by atoms with Crippen molar-refractivity contribution in [2.75, 3.05) is 25.4 Å². The Kier molecular flexibility index (Phi) is 12.9. The van der Waals surface area contributed by atoms with Crippen LogP contribution in [0.15, 0.2) is 23.1 Å². The fraction of sp³-hybridized carbons (Fsp3) is 0.710. The zero-order chi connectivity index (χ0) is 25.2. The van der Waals surface area contributed by atoms with Gasteiger partial charge in [0.2, 0.25) is 0 Å². The zero-order valence-electron chi connectivity index (χ0n) is 23.2. The van der Waals surface area contributed by atoms with E-state index in [4.69, 9.17) is 9.47 Å². The average molecular weight is 595 g/mol. The summed E-state index contributed by atoms with van der Waals surface area (Å²) in [5.74, 6) is 2.59. The van der Waals surface area contributed by atoms with Crippen LogP contribution in [0, 0.1) is 0 Å². The van der Waals surface area contributed by atoms with E-state index >= 15 is 0 Å². The first kappa shape index (κ1) is 30.6.